The summed E-state index contributed by atoms with van der Waals surface area (Å²) in [6, 6.07) is 3.79. The molecule has 0 unspecified atom stereocenters. The maximum atomic E-state index is 12.2. The van der Waals surface area contributed by atoms with Gasteiger partial charge in [-0.3, -0.25) is 0 Å². The molecule has 1 saturated carbocycles. The molecule has 0 bridgehead atoms. The van der Waals surface area contributed by atoms with Crippen molar-refractivity contribution in [3.8, 4) is 5.75 Å². The van der Waals surface area contributed by atoms with Gasteiger partial charge in [-0.2, -0.15) is 0 Å². The fourth-order valence-corrected chi connectivity index (χ4v) is 2.15. The van der Waals surface area contributed by atoms with Gasteiger partial charge in [0.15, 0.2) is 0 Å². The molecule has 0 aromatic heterocycles. The molecule has 0 aliphatic heterocycles. The number of carboxylic acid groups (broad SMARTS) is 1. The standard InChI is InChI=1S/C15H20N2O4/c1-2-7-17(9-10-3-4-10)15(21)16-11-5-6-12(14(19)20)13(18)8-11/h5-6,8,10,18H,2-4,7,9H2,1H3,(H,16,21)(H,19,20). The Bertz CT molecular complexity index is 540. The number of aromatic hydroxyl groups is 1. The maximum absolute atomic E-state index is 12.2. The van der Waals surface area contributed by atoms with Gasteiger partial charge in [-0.25, -0.2) is 9.59 Å². The Hall–Kier alpha value is -2.24. The van der Waals surface area contributed by atoms with Gasteiger partial charge in [0.1, 0.15) is 11.3 Å². The fourth-order valence-electron chi connectivity index (χ4n) is 2.15. The summed E-state index contributed by atoms with van der Waals surface area (Å²) in [7, 11) is 0. The molecule has 1 aliphatic carbocycles. The van der Waals surface area contributed by atoms with Crippen molar-refractivity contribution in [3.05, 3.63) is 23.8 Å². The number of rotatable bonds is 6. The number of carbonyl (C=O) groups is 2. The highest BCUT2D eigenvalue weighted by molar-refractivity contribution is 5.94. The van der Waals surface area contributed by atoms with Gasteiger partial charge in [-0.1, -0.05) is 6.92 Å². The van der Waals surface area contributed by atoms with Crippen molar-refractivity contribution in [1.29, 1.82) is 0 Å². The highest BCUT2D eigenvalue weighted by Crippen LogP contribution is 2.30. The molecular weight excluding hydrogens is 272 g/mol. The number of benzene rings is 1. The molecule has 2 amide bonds. The minimum atomic E-state index is -1.20. The Morgan fingerprint density at radius 2 is 2.10 bits per heavy atom. The van der Waals surface area contributed by atoms with E-state index in [1.807, 2.05) is 6.92 Å². The average molecular weight is 292 g/mol. The van der Waals surface area contributed by atoms with Crippen LogP contribution in [-0.2, 0) is 0 Å². The zero-order valence-electron chi connectivity index (χ0n) is 12.0. The van der Waals surface area contributed by atoms with Crippen LogP contribution in [0.1, 0.15) is 36.5 Å². The summed E-state index contributed by atoms with van der Waals surface area (Å²) in [6.07, 6.45) is 3.21. The molecule has 6 nitrogen and oxygen atoms in total. The van der Waals surface area contributed by atoms with Gasteiger partial charge in [0.05, 0.1) is 0 Å². The molecule has 21 heavy (non-hydrogen) atoms. The number of amides is 2. The van der Waals surface area contributed by atoms with Crippen LogP contribution in [0.3, 0.4) is 0 Å². The molecule has 1 aromatic carbocycles. The number of urea groups is 1. The van der Waals surface area contributed by atoms with Crippen LogP contribution >= 0.6 is 0 Å². The Balaban J connectivity index is 2.03. The van der Waals surface area contributed by atoms with E-state index in [4.69, 9.17) is 5.11 Å². The van der Waals surface area contributed by atoms with E-state index in [0.717, 1.165) is 13.0 Å². The number of nitrogens with one attached hydrogen (secondary N) is 1. The van der Waals surface area contributed by atoms with Crippen LogP contribution in [-0.4, -0.2) is 40.2 Å². The van der Waals surface area contributed by atoms with Gasteiger partial charge >= 0.3 is 12.0 Å². The lowest BCUT2D eigenvalue weighted by molar-refractivity contribution is 0.0694. The molecule has 1 fully saturated rings. The Morgan fingerprint density at radius 1 is 1.38 bits per heavy atom. The summed E-state index contributed by atoms with van der Waals surface area (Å²) in [6.45, 7) is 3.45. The van der Waals surface area contributed by atoms with Gasteiger partial charge in [0.25, 0.3) is 0 Å². The molecule has 0 spiro atoms. The van der Waals surface area contributed by atoms with E-state index in [1.165, 1.54) is 31.0 Å². The molecule has 0 atom stereocenters. The predicted molar refractivity (Wildman–Crippen MR) is 78.7 cm³/mol. The van der Waals surface area contributed by atoms with Crippen molar-refractivity contribution in [3.63, 3.8) is 0 Å². The molecule has 6 heteroatoms. The van der Waals surface area contributed by atoms with Crippen molar-refractivity contribution in [2.45, 2.75) is 26.2 Å². The quantitative estimate of drug-likeness (QED) is 0.752. The van der Waals surface area contributed by atoms with Gasteiger partial charge in [-0.05, 0) is 37.3 Å². The summed E-state index contributed by atoms with van der Waals surface area (Å²) >= 11 is 0. The van der Waals surface area contributed by atoms with Crippen molar-refractivity contribution in [2.24, 2.45) is 5.92 Å². The van der Waals surface area contributed by atoms with E-state index < -0.39 is 5.97 Å². The zero-order valence-corrected chi connectivity index (χ0v) is 12.0. The zero-order chi connectivity index (χ0) is 15.4. The predicted octanol–water partition coefficient (Wildman–Crippen LogP) is 2.74. The number of aromatic carboxylic acids is 1. The molecule has 114 valence electrons. The SMILES string of the molecule is CCCN(CC1CC1)C(=O)Nc1ccc(C(=O)O)c(O)c1. The van der Waals surface area contributed by atoms with Gasteiger partial charge in [0.2, 0.25) is 0 Å². The van der Waals surface area contributed by atoms with Crippen molar-refractivity contribution in [2.75, 3.05) is 18.4 Å². The lowest BCUT2D eigenvalue weighted by atomic mass is 10.2. The summed E-state index contributed by atoms with van der Waals surface area (Å²) in [5.74, 6) is -0.957. The number of carbonyl (C=O) groups excluding carboxylic acids is 1. The maximum Gasteiger partial charge on any atom is 0.339 e. The second kappa shape index (κ2) is 6.47. The second-order valence-electron chi connectivity index (χ2n) is 5.36. The monoisotopic (exact) mass is 292 g/mol. The fraction of sp³-hybridized carbons (Fsp3) is 0.467. The summed E-state index contributed by atoms with van der Waals surface area (Å²) in [4.78, 5) is 24.8. The van der Waals surface area contributed by atoms with Crippen LogP contribution in [0.5, 0.6) is 5.75 Å². The van der Waals surface area contributed by atoms with Gasteiger partial charge in [-0.15, -0.1) is 0 Å². The van der Waals surface area contributed by atoms with Crippen LogP contribution in [0.4, 0.5) is 10.5 Å². The molecular formula is C15H20N2O4. The van der Waals surface area contributed by atoms with Crippen LogP contribution in [0.15, 0.2) is 18.2 Å². The van der Waals surface area contributed by atoms with Crippen LogP contribution < -0.4 is 5.32 Å². The lowest BCUT2D eigenvalue weighted by Crippen LogP contribution is -2.37. The first-order chi connectivity index (χ1) is 10.0. The number of hydrogen-bond acceptors (Lipinski definition) is 3. The number of hydrogen-bond donors (Lipinski definition) is 3. The summed E-state index contributed by atoms with van der Waals surface area (Å²) in [5, 5.41) is 21.2. The Labute approximate surface area is 123 Å². The number of nitrogens with zero attached hydrogens (tertiary/aromatic N) is 1. The van der Waals surface area contributed by atoms with E-state index in [2.05, 4.69) is 5.32 Å². The van der Waals surface area contributed by atoms with E-state index >= 15 is 0 Å². The molecule has 0 heterocycles. The second-order valence-corrected chi connectivity index (χ2v) is 5.36. The molecule has 0 saturated heterocycles. The Kier molecular flexibility index (Phi) is 4.67. The highest BCUT2D eigenvalue weighted by atomic mass is 16.4. The lowest BCUT2D eigenvalue weighted by Gasteiger charge is -2.22. The van der Waals surface area contributed by atoms with Gasteiger partial charge in [0, 0.05) is 24.8 Å². The average Bonchev–Trinajstić information content (AvgIpc) is 3.21. The van der Waals surface area contributed by atoms with Crippen LogP contribution in [0.25, 0.3) is 0 Å². The van der Waals surface area contributed by atoms with Crippen LogP contribution in [0, 0.1) is 5.92 Å². The van der Waals surface area contributed by atoms with Crippen molar-refractivity contribution >= 4 is 17.7 Å². The van der Waals surface area contributed by atoms with E-state index in [0.29, 0.717) is 18.2 Å². The number of carboxylic acids is 1. The number of phenols is 1. The van der Waals surface area contributed by atoms with Crippen LogP contribution in [0.2, 0.25) is 0 Å². The minimum absolute atomic E-state index is 0.184. The summed E-state index contributed by atoms with van der Waals surface area (Å²) in [5.41, 5.74) is 0.204. The third-order valence-electron chi connectivity index (χ3n) is 3.44. The minimum Gasteiger partial charge on any atom is -0.507 e. The van der Waals surface area contributed by atoms with Gasteiger partial charge < -0.3 is 20.4 Å². The first-order valence-corrected chi connectivity index (χ1v) is 7.13. The number of anilines is 1. The first-order valence-electron chi connectivity index (χ1n) is 7.13. The largest absolute Gasteiger partial charge is 0.507 e. The third-order valence-corrected chi connectivity index (χ3v) is 3.44. The van der Waals surface area contributed by atoms with E-state index in [1.54, 1.807) is 4.90 Å². The van der Waals surface area contributed by atoms with E-state index in [9.17, 15) is 14.7 Å². The molecule has 1 aliphatic rings. The molecule has 3 N–H and O–H groups in total. The third kappa shape index (κ3) is 4.11. The normalized spacial score (nSPS) is 13.8. The highest BCUT2D eigenvalue weighted by Gasteiger charge is 2.26. The van der Waals surface area contributed by atoms with Crippen molar-refractivity contribution in [1.82, 2.24) is 4.90 Å². The molecule has 2 rings (SSSR count). The molecule has 1 aromatic rings. The molecule has 0 radical (unpaired) electrons. The van der Waals surface area contributed by atoms with Crippen molar-refractivity contribution < 1.29 is 19.8 Å². The smallest absolute Gasteiger partial charge is 0.339 e. The first kappa shape index (κ1) is 15.2. The van der Waals surface area contributed by atoms with E-state index in [-0.39, 0.29) is 17.3 Å². The topological polar surface area (TPSA) is 89.9 Å². The Morgan fingerprint density at radius 3 is 2.62 bits per heavy atom. The summed E-state index contributed by atoms with van der Waals surface area (Å²) < 4.78 is 0.